The topological polar surface area (TPSA) is 57.6 Å². The molecule has 1 N–H and O–H groups in total. The summed E-state index contributed by atoms with van der Waals surface area (Å²) in [6.45, 7) is 3.34. The maximum atomic E-state index is 12.0. The van der Waals surface area contributed by atoms with Crippen molar-refractivity contribution >= 4 is 23.5 Å². The van der Waals surface area contributed by atoms with E-state index in [1.807, 2.05) is 18.2 Å². The molecule has 0 atom stereocenters. The second-order valence-corrected chi connectivity index (χ2v) is 5.01. The van der Waals surface area contributed by atoms with Gasteiger partial charge in [0.15, 0.2) is 0 Å². The maximum Gasteiger partial charge on any atom is 0.323 e. The lowest BCUT2D eigenvalue weighted by Crippen LogP contribution is -2.40. The van der Waals surface area contributed by atoms with Crippen molar-refractivity contribution in [2.24, 2.45) is 0 Å². The lowest BCUT2D eigenvalue weighted by Gasteiger charge is -2.25. The predicted molar refractivity (Wildman–Crippen MR) is 74.3 cm³/mol. The van der Waals surface area contributed by atoms with Crippen molar-refractivity contribution in [2.75, 3.05) is 6.54 Å². The zero-order valence-corrected chi connectivity index (χ0v) is 11.9. The van der Waals surface area contributed by atoms with E-state index in [1.165, 1.54) is 4.90 Å². The van der Waals surface area contributed by atoms with E-state index in [9.17, 15) is 9.59 Å². The van der Waals surface area contributed by atoms with E-state index in [0.717, 1.165) is 5.56 Å². The fourth-order valence-corrected chi connectivity index (χ4v) is 2.02. The average Bonchev–Trinajstić information content (AvgIpc) is 2.34. The highest BCUT2D eigenvalue weighted by molar-refractivity contribution is 6.31. The molecule has 1 rings (SSSR count). The van der Waals surface area contributed by atoms with Gasteiger partial charge in [-0.25, -0.2) is 0 Å². The molecular weight excluding hydrogens is 266 g/mol. The van der Waals surface area contributed by atoms with Gasteiger partial charge in [0.05, 0.1) is 0 Å². The van der Waals surface area contributed by atoms with Crippen LogP contribution in [0.3, 0.4) is 0 Å². The first-order valence-electron chi connectivity index (χ1n) is 6.16. The third-order valence-corrected chi connectivity index (χ3v) is 3.18. The Kier molecular flexibility index (Phi) is 5.83. The molecular formula is C14H18ClNO3. The monoisotopic (exact) mass is 283 g/mol. The van der Waals surface area contributed by atoms with E-state index in [1.54, 1.807) is 19.9 Å². The van der Waals surface area contributed by atoms with E-state index in [2.05, 4.69) is 0 Å². The molecule has 0 aromatic heterocycles. The third kappa shape index (κ3) is 4.91. The van der Waals surface area contributed by atoms with Crippen LogP contribution in [-0.2, 0) is 16.0 Å². The van der Waals surface area contributed by atoms with Crippen LogP contribution in [0.25, 0.3) is 0 Å². The van der Waals surface area contributed by atoms with E-state index in [4.69, 9.17) is 16.7 Å². The number of rotatable bonds is 6. The molecule has 0 bridgehead atoms. The molecule has 1 aromatic carbocycles. The molecule has 0 unspecified atom stereocenters. The minimum absolute atomic E-state index is 0.130. The molecule has 1 amide bonds. The van der Waals surface area contributed by atoms with Crippen molar-refractivity contribution in [3.63, 3.8) is 0 Å². The van der Waals surface area contributed by atoms with Crippen LogP contribution in [0.1, 0.15) is 25.8 Å². The van der Waals surface area contributed by atoms with Gasteiger partial charge in [-0.1, -0.05) is 29.8 Å². The molecule has 104 valence electrons. The van der Waals surface area contributed by atoms with Crippen LogP contribution in [0.15, 0.2) is 24.3 Å². The summed E-state index contributed by atoms with van der Waals surface area (Å²) in [5, 5.41) is 9.43. The molecule has 0 aliphatic carbocycles. The summed E-state index contributed by atoms with van der Waals surface area (Å²) in [5.41, 5.74) is 0.900. The second kappa shape index (κ2) is 7.14. The zero-order valence-electron chi connectivity index (χ0n) is 11.1. The van der Waals surface area contributed by atoms with Gasteiger partial charge in [0.25, 0.3) is 0 Å². The highest BCUT2D eigenvalue weighted by Crippen LogP contribution is 2.17. The minimum Gasteiger partial charge on any atom is -0.480 e. The number of nitrogens with zero attached hydrogens (tertiary/aromatic N) is 1. The van der Waals surface area contributed by atoms with Gasteiger partial charge in [0.1, 0.15) is 6.54 Å². The number of hydrogen-bond acceptors (Lipinski definition) is 2. The van der Waals surface area contributed by atoms with E-state index < -0.39 is 5.97 Å². The normalized spacial score (nSPS) is 10.5. The van der Waals surface area contributed by atoms with E-state index in [0.29, 0.717) is 11.4 Å². The molecule has 0 saturated carbocycles. The summed E-state index contributed by atoms with van der Waals surface area (Å²) in [4.78, 5) is 24.1. The number of aryl methyl sites for hydroxylation is 1. The standard InChI is InChI=1S/C14H18ClNO3/c1-10(2)16(9-14(18)19)13(17)8-7-11-5-3-4-6-12(11)15/h3-6,10H,7-9H2,1-2H3,(H,18,19). The number of hydrogen-bond donors (Lipinski definition) is 1. The van der Waals surface area contributed by atoms with Crippen LogP contribution in [0.4, 0.5) is 0 Å². The summed E-state index contributed by atoms with van der Waals surface area (Å²) in [6, 6.07) is 7.21. The number of carboxylic acids is 1. The predicted octanol–water partition coefficient (Wildman–Crippen LogP) is 2.59. The molecule has 4 nitrogen and oxygen atoms in total. The Morgan fingerprint density at radius 1 is 1.32 bits per heavy atom. The van der Waals surface area contributed by atoms with Crippen molar-refractivity contribution in [1.82, 2.24) is 4.90 Å². The summed E-state index contributed by atoms with van der Waals surface area (Å²) in [6.07, 6.45) is 0.774. The van der Waals surface area contributed by atoms with Gasteiger partial charge < -0.3 is 10.0 Å². The molecule has 0 aliphatic heterocycles. The Balaban J connectivity index is 2.63. The lowest BCUT2D eigenvalue weighted by molar-refractivity contribution is -0.145. The Morgan fingerprint density at radius 2 is 1.95 bits per heavy atom. The van der Waals surface area contributed by atoms with Crippen LogP contribution < -0.4 is 0 Å². The van der Waals surface area contributed by atoms with Gasteiger partial charge in [-0.05, 0) is 31.9 Å². The highest BCUT2D eigenvalue weighted by atomic mass is 35.5. The minimum atomic E-state index is -1.00. The van der Waals surface area contributed by atoms with Crippen LogP contribution in [0, 0.1) is 0 Å². The Morgan fingerprint density at radius 3 is 2.47 bits per heavy atom. The first-order valence-corrected chi connectivity index (χ1v) is 6.54. The van der Waals surface area contributed by atoms with Crippen LogP contribution >= 0.6 is 11.6 Å². The fourth-order valence-electron chi connectivity index (χ4n) is 1.79. The number of carbonyl (C=O) groups excluding carboxylic acids is 1. The van der Waals surface area contributed by atoms with Gasteiger partial charge in [-0.3, -0.25) is 9.59 Å². The maximum absolute atomic E-state index is 12.0. The number of halogens is 1. The van der Waals surface area contributed by atoms with Gasteiger partial charge in [0, 0.05) is 17.5 Å². The molecule has 0 radical (unpaired) electrons. The van der Waals surface area contributed by atoms with Crippen LogP contribution in [0.2, 0.25) is 5.02 Å². The molecule has 0 fully saturated rings. The molecule has 0 saturated heterocycles. The number of carbonyl (C=O) groups is 2. The smallest absolute Gasteiger partial charge is 0.323 e. The summed E-state index contributed by atoms with van der Waals surface area (Å²) >= 11 is 6.02. The van der Waals surface area contributed by atoms with Crippen LogP contribution in [-0.4, -0.2) is 34.5 Å². The first-order chi connectivity index (χ1) is 8.91. The first kappa shape index (κ1) is 15.5. The number of amides is 1. The van der Waals surface area contributed by atoms with Crippen molar-refractivity contribution in [3.8, 4) is 0 Å². The van der Waals surface area contributed by atoms with Crippen molar-refractivity contribution in [3.05, 3.63) is 34.9 Å². The Labute approximate surface area is 118 Å². The molecule has 19 heavy (non-hydrogen) atoms. The molecule has 0 spiro atoms. The van der Waals surface area contributed by atoms with Gasteiger partial charge >= 0.3 is 5.97 Å². The van der Waals surface area contributed by atoms with Crippen molar-refractivity contribution in [1.29, 1.82) is 0 Å². The van der Waals surface area contributed by atoms with Gasteiger partial charge in [0.2, 0.25) is 5.91 Å². The van der Waals surface area contributed by atoms with Gasteiger partial charge in [-0.2, -0.15) is 0 Å². The molecule has 0 aliphatic rings. The van der Waals surface area contributed by atoms with Crippen LogP contribution in [0.5, 0.6) is 0 Å². The van der Waals surface area contributed by atoms with Crippen molar-refractivity contribution < 1.29 is 14.7 Å². The molecule has 5 heteroatoms. The van der Waals surface area contributed by atoms with E-state index in [-0.39, 0.29) is 24.9 Å². The van der Waals surface area contributed by atoms with E-state index >= 15 is 0 Å². The third-order valence-electron chi connectivity index (χ3n) is 2.82. The quantitative estimate of drug-likeness (QED) is 0.873. The Hall–Kier alpha value is -1.55. The SMILES string of the molecule is CC(C)N(CC(=O)O)C(=O)CCc1ccccc1Cl. The summed E-state index contributed by atoms with van der Waals surface area (Å²) in [7, 11) is 0. The summed E-state index contributed by atoms with van der Waals surface area (Å²) in [5.74, 6) is -1.17. The second-order valence-electron chi connectivity index (χ2n) is 4.60. The summed E-state index contributed by atoms with van der Waals surface area (Å²) < 4.78 is 0. The number of benzene rings is 1. The molecule has 0 heterocycles. The zero-order chi connectivity index (χ0) is 14.4. The number of carboxylic acid groups (broad SMARTS) is 1. The lowest BCUT2D eigenvalue weighted by atomic mass is 10.1. The van der Waals surface area contributed by atoms with Gasteiger partial charge in [-0.15, -0.1) is 0 Å². The fraction of sp³-hybridized carbons (Fsp3) is 0.429. The molecule has 1 aromatic rings. The van der Waals surface area contributed by atoms with Crippen molar-refractivity contribution in [2.45, 2.75) is 32.7 Å². The average molecular weight is 284 g/mol. The highest BCUT2D eigenvalue weighted by Gasteiger charge is 2.19. The largest absolute Gasteiger partial charge is 0.480 e. The number of aliphatic carboxylic acids is 1. The Bertz CT molecular complexity index is 460.